The molecule has 1 amide bonds. The minimum Gasteiger partial charge on any atom is -0.375 e. The van der Waals surface area contributed by atoms with Gasteiger partial charge in [-0.2, -0.15) is 0 Å². The Hall–Kier alpha value is -1.88. The zero-order valence-electron chi connectivity index (χ0n) is 13.5. The quantitative estimate of drug-likeness (QED) is 0.875. The number of morpholine rings is 1. The van der Waals surface area contributed by atoms with Crippen molar-refractivity contribution in [2.24, 2.45) is 0 Å². The molecule has 1 atom stereocenters. The molecule has 0 spiro atoms. The van der Waals surface area contributed by atoms with E-state index in [0.29, 0.717) is 19.6 Å². The number of rotatable bonds is 5. The van der Waals surface area contributed by atoms with E-state index in [9.17, 15) is 4.79 Å². The highest BCUT2D eigenvalue weighted by atomic mass is 35.5. The first kappa shape index (κ1) is 18.5. The van der Waals surface area contributed by atoms with Crippen molar-refractivity contribution in [1.82, 2.24) is 10.6 Å². The Morgan fingerprint density at radius 2 is 1.92 bits per heavy atom. The summed E-state index contributed by atoms with van der Waals surface area (Å²) in [6.07, 6.45) is 0.394. The molecule has 0 bridgehead atoms. The summed E-state index contributed by atoms with van der Waals surface area (Å²) in [6.45, 7) is 2.83. The van der Waals surface area contributed by atoms with Crippen molar-refractivity contribution in [3.8, 4) is 11.1 Å². The zero-order valence-corrected chi connectivity index (χ0v) is 14.4. The molecule has 3 rings (SSSR count). The second kappa shape index (κ2) is 9.42. The van der Waals surface area contributed by atoms with E-state index >= 15 is 0 Å². The van der Waals surface area contributed by atoms with Crippen LogP contribution < -0.4 is 10.6 Å². The number of hydrogen-bond donors (Lipinski definition) is 2. The number of hydrogen-bond acceptors (Lipinski definition) is 3. The molecule has 0 radical (unpaired) electrons. The van der Waals surface area contributed by atoms with E-state index in [1.807, 2.05) is 30.3 Å². The van der Waals surface area contributed by atoms with Crippen LogP contribution in [0.2, 0.25) is 0 Å². The fourth-order valence-corrected chi connectivity index (χ4v) is 2.72. The second-order valence-corrected chi connectivity index (χ2v) is 5.74. The highest BCUT2D eigenvalue weighted by Crippen LogP contribution is 2.19. The average molecular weight is 347 g/mol. The molecule has 1 aliphatic rings. The van der Waals surface area contributed by atoms with Crippen molar-refractivity contribution in [3.05, 3.63) is 60.2 Å². The molecule has 2 N–H and O–H groups in total. The molecule has 0 aromatic heterocycles. The van der Waals surface area contributed by atoms with Crippen LogP contribution in [0.5, 0.6) is 0 Å². The van der Waals surface area contributed by atoms with Crippen molar-refractivity contribution in [3.63, 3.8) is 0 Å². The molecule has 5 heteroatoms. The van der Waals surface area contributed by atoms with Gasteiger partial charge in [0.1, 0.15) is 0 Å². The van der Waals surface area contributed by atoms with Gasteiger partial charge in [0.25, 0.3) is 0 Å². The van der Waals surface area contributed by atoms with Crippen LogP contribution in [0.1, 0.15) is 12.0 Å². The Labute approximate surface area is 149 Å². The number of ether oxygens (including phenoxy) is 1. The van der Waals surface area contributed by atoms with Crippen molar-refractivity contribution >= 4 is 18.3 Å². The van der Waals surface area contributed by atoms with Gasteiger partial charge in [0.15, 0.2) is 0 Å². The lowest BCUT2D eigenvalue weighted by molar-refractivity contribution is -0.124. The van der Waals surface area contributed by atoms with E-state index in [-0.39, 0.29) is 24.4 Å². The molecule has 24 heavy (non-hydrogen) atoms. The Balaban J connectivity index is 0.00000208. The molecule has 1 aliphatic heterocycles. The number of halogens is 1. The maximum atomic E-state index is 12.0. The van der Waals surface area contributed by atoms with Gasteiger partial charge in [-0.1, -0.05) is 48.5 Å². The van der Waals surface area contributed by atoms with Gasteiger partial charge < -0.3 is 15.4 Å². The topological polar surface area (TPSA) is 50.4 Å². The molecule has 128 valence electrons. The smallest absolute Gasteiger partial charge is 0.222 e. The molecule has 1 fully saturated rings. The molecule has 4 nitrogen and oxygen atoms in total. The summed E-state index contributed by atoms with van der Waals surface area (Å²) in [4.78, 5) is 12.0. The molecule has 2 aromatic rings. The van der Waals surface area contributed by atoms with Crippen molar-refractivity contribution in [2.45, 2.75) is 19.1 Å². The molecule has 0 saturated carbocycles. The first-order valence-electron chi connectivity index (χ1n) is 8.04. The summed E-state index contributed by atoms with van der Waals surface area (Å²) in [7, 11) is 0. The Bertz CT molecular complexity index is 643. The third-order valence-electron chi connectivity index (χ3n) is 3.94. The molecule has 2 aromatic carbocycles. The SMILES string of the molecule is Cl.O=C(CC1CNCCO1)NCc1cccc(-c2ccccc2)c1. The standard InChI is InChI=1S/C19H22N2O2.ClH/c22-19(12-18-14-20-9-10-23-18)21-13-15-5-4-8-17(11-15)16-6-2-1-3-7-16;/h1-8,11,18,20H,9-10,12-14H2,(H,21,22);1H. The van der Waals surface area contributed by atoms with Gasteiger partial charge in [-0.15, -0.1) is 12.4 Å². The highest BCUT2D eigenvalue weighted by Gasteiger charge is 2.16. The van der Waals surface area contributed by atoms with E-state index in [0.717, 1.165) is 24.2 Å². The number of benzene rings is 2. The lowest BCUT2D eigenvalue weighted by atomic mass is 10.0. The van der Waals surface area contributed by atoms with Crippen LogP contribution in [-0.4, -0.2) is 31.7 Å². The lowest BCUT2D eigenvalue weighted by Crippen LogP contribution is -2.41. The molecular formula is C19H23ClN2O2. The summed E-state index contributed by atoms with van der Waals surface area (Å²) in [6, 6.07) is 18.5. The van der Waals surface area contributed by atoms with E-state index in [4.69, 9.17) is 4.74 Å². The van der Waals surface area contributed by atoms with Gasteiger partial charge in [-0.05, 0) is 22.8 Å². The fourth-order valence-electron chi connectivity index (χ4n) is 2.72. The second-order valence-electron chi connectivity index (χ2n) is 5.74. The van der Waals surface area contributed by atoms with Gasteiger partial charge >= 0.3 is 0 Å². The van der Waals surface area contributed by atoms with Gasteiger partial charge in [0.05, 0.1) is 19.1 Å². The van der Waals surface area contributed by atoms with Crippen LogP contribution in [0.4, 0.5) is 0 Å². The third kappa shape index (κ3) is 5.34. The number of amides is 1. The molecule has 1 heterocycles. The minimum absolute atomic E-state index is 0. The molecule has 0 aliphatic carbocycles. The summed E-state index contributed by atoms with van der Waals surface area (Å²) >= 11 is 0. The van der Waals surface area contributed by atoms with Gasteiger partial charge in [-0.25, -0.2) is 0 Å². The predicted molar refractivity (Wildman–Crippen MR) is 98.2 cm³/mol. The molecular weight excluding hydrogens is 324 g/mol. The van der Waals surface area contributed by atoms with E-state index in [1.54, 1.807) is 0 Å². The fraction of sp³-hybridized carbons (Fsp3) is 0.316. The van der Waals surface area contributed by atoms with Gasteiger partial charge in [0.2, 0.25) is 5.91 Å². The summed E-state index contributed by atoms with van der Waals surface area (Å²) in [5, 5.41) is 6.21. The van der Waals surface area contributed by atoms with Gasteiger partial charge in [0, 0.05) is 19.6 Å². The van der Waals surface area contributed by atoms with E-state index in [2.05, 4.69) is 34.9 Å². The largest absolute Gasteiger partial charge is 0.375 e. The monoisotopic (exact) mass is 346 g/mol. The van der Waals surface area contributed by atoms with E-state index in [1.165, 1.54) is 5.56 Å². The first-order chi connectivity index (χ1) is 11.3. The Morgan fingerprint density at radius 3 is 2.67 bits per heavy atom. The van der Waals surface area contributed by atoms with Crippen LogP contribution in [-0.2, 0) is 16.1 Å². The van der Waals surface area contributed by atoms with Gasteiger partial charge in [-0.3, -0.25) is 4.79 Å². The average Bonchev–Trinajstić information content (AvgIpc) is 2.62. The van der Waals surface area contributed by atoms with Crippen LogP contribution in [0.3, 0.4) is 0 Å². The highest BCUT2D eigenvalue weighted by molar-refractivity contribution is 5.85. The maximum Gasteiger partial charge on any atom is 0.222 e. The van der Waals surface area contributed by atoms with Crippen LogP contribution in [0.25, 0.3) is 11.1 Å². The van der Waals surface area contributed by atoms with Crippen LogP contribution in [0, 0.1) is 0 Å². The van der Waals surface area contributed by atoms with Crippen LogP contribution in [0.15, 0.2) is 54.6 Å². The summed E-state index contributed by atoms with van der Waals surface area (Å²) in [5.74, 6) is 0.0313. The first-order valence-corrected chi connectivity index (χ1v) is 8.04. The number of carbonyl (C=O) groups excluding carboxylic acids is 1. The molecule has 1 unspecified atom stereocenters. The number of nitrogens with one attached hydrogen (secondary N) is 2. The van der Waals surface area contributed by atoms with Crippen molar-refractivity contribution in [1.29, 1.82) is 0 Å². The number of carbonyl (C=O) groups is 1. The van der Waals surface area contributed by atoms with Crippen LogP contribution >= 0.6 is 12.4 Å². The van der Waals surface area contributed by atoms with E-state index < -0.39 is 0 Å². The Kier molecular flexibility index (Phi) is 7.25. The van der Waals surface area contributed by atoms with Crippen molar-refractivity contribution < 1.29 is 9.53 Å². The zero-order chi connectivity index (χ0) is 15.9. The summed E-state index contributed by atoms with van der Waals surface area (Å²) in [5.41, 5.74) is 3.45. The van der Waals surface area contributed by atoms with Crippen molar-refractivity contribution in [2.75, 3.05) is 19.7 Å². The molecule has 1 saturated heterocycles. The Morgan fingerprint density at radius 1 is 1.12 bits per heavy atom. The predicted octanol–water partition coefficient (Wildman–Crippen LogP) is 2.77. The normalized spacial score (nSPS) is 16.9. The third-order valence-corrected chi connectivity index (χ3v) is 3.94. The lowest BCUT2D eigenvalue weighted by Gasteiger charge is -2.23. The maximum absolute atomic E-state index is 12.0. The summed E-state index contributed by atoms with van der Waals surface area (Å²) < 4.78 is 5.55. The minimum atomic E-state index is -0.0144.